The molecule has 0 spiro atoms. The van der Waals surface area contributed by atoms with Gasteiger partial charge in [-0.15, -0.1) is 0 Å². The van der Waals surface area contributed by atoms with Gasteiger partial charge in [0.15, 0.2) is 0 Å². The van der Waals surface area contributed by atoms with E-state index in [9.17, 15) is 0 Å². The lowest BCUT2D eigenvalue weighted by Gasteiger charge is -2.32. The van der Waals surface area contributed by atoms with E-state index in [0.717, 1.165) is 30.6 Å². The first-order valence-electron chi connectivity index (χ1n) is 8.29. The second-order valence-corrected chi connectivity index (χ2v) is 6.14. The monoisotopic (exact) mass is 289 g/mol. The average molecular weight is 289 g/mol. The van der Waals surface area contributed by atoms with Crippen LogP contribution >= 0.6 is 0 Å². The number of rotatable bonds is 4. The predicted molar refractivity (Wildman–Crippen MR) is 88.1 cm³/mol. The molecular formula is C17H27N3O. The summed E-state index contributed by atoms with van der Waals surface area (Å²) >= 11 is 0. The molecule has 0 aliphatic carbocycles. The summed E-state index contributed by atoms with van der Waals surface area (Å²) < 4.78 is 5.62. The molecule has 2 heterocycles. The van der Waals surface area contributed by atoms with E-state index in [1.807, 2.05) is 13.0 Å². The third-order valence-corrected chi connectivity index (χ3v) is 4.73. The summed E-state index contributed by atoms with van der Waals surface area (Å²) in [5.74, 6) is 0.816. The highest BCUT2D eigenvalue weighted by molar-refractivity contribution is 5.62. The topological polar surface area (TPSA) is 41.7 Å². The van der Waals surface area contributed by atoms with E-state index in [4.69, 9.17) is 10.5 Å². The fourth-order valence-electron chi connectivity index (χ4n) is 3.56. The summed E-state index contributed by atoms with van der Waals surface area (Å²) in [5, 5.41) is 0. The quantitative estimate of drug-likeness (QED) is 0.865. The number of anilines is 2. The Morgan fingerprint density at radius 1 is 1.19 bits per heavy atom. The van der Waals surface area contributed by atoms with Crippen LogP contribution in [-0.4, -0.2) is 43.7 Å². The van der Waals surface area contributed by atoms with E-state index in [1.165, 1.54) is 44.5 Å². The van der Waals surface area contributed by atoms with Gasteiger partial charge in [-0.1, -0.05) is 6.42 Å². The fourth-order valence-corrected chi connectivity index (χ4v) is 3.56. The maximum absolute atomic E-state index is 5.97. The second kappa shape index (κ2) is 6.56. The van der Waals surface area contributed by atoms with Crippen LogP contribution in [0.2, 0.25) is 0 Å². The molecule has 0 amide bonds. The number of nitrogen functional groups attached to an aromatic ring is 1. The van der Waals surface area contributed by atoms with E-state index in [1.54, 1.807) is 0 Å². The maximum atomic E-state index is 5.97. The molecule has 2 aliphatic rings. The van der Waals surface area contributed by atoms with Crippen LogP contribution in [0.5, 0.6) is 5.75 Å². The van der Waals surface area contributed by atoms with Crippen molar-refractivity contribution in [1.82, 2.24) is 4.90 Å². The van der Waals surface area contributed by atoms with E-state index in [-0.39, 0.29) is 0 Å². The van der Waals surface area contributed by atoms with E-state index in [2.05, 4.69) is 21.9 Å². The van der Waals surface area contributed by atoms with Gasteiger partial charge in [0.05, 0.1) is 12.3 Å². The van der Waals surface area contributed by atoms with Gasteiger partial charge >= 0.3 is 0 Å². The van der Waals surface area contributed by atoms with Gasteiger partial charge in [0.1, 0.15) is 5.75 Å². The Labute approximate surface area is 127 Å². The first-order valence-corrected chi connectivity index (χ1v) is 8.29. The van der Waals surface area contributed by atoms with Crippen LogP contribution in [0.4, 0.5) is 11.4 Å². The first kappa shape index (κ1) is 14.5. The third-order valence-electron chi connectivity index (χ3n) is 4.73. The zero-order valence-corrected chi connectivity index (χ0v) is 13.1. The molecule has 1 aromatic carbocycles. The average Bonchev–Trinajstić information content (AvgIpc) is 3.00. The van der Waals surface area contributed by atoms with Gasteiger partial charge in [0.25, 0.3) is 0 Å². The summed E-state index contributed by atoms with van der Waals surface area (Å²) in [7, 11) is 0. The number of likely N-dealkylation sites (tertiary alicyclic amines) is 1. The van der Waals surface area contributed by atoms with Gasteiger partial charge in [-0.2, -0.15) is 0 Å². The van der Waals surface area contributed by atoms with E-state index < -0.39 is 0 Å². The van der Waals surface area contributed by atoms with Crippen molar-refractivity contribution in [1.29, 1.82) is 0 Å². The molecule has 116 valence electrons. The van der Waals surface area contributed by atoms with Gasteiger partial charge in [-0.05, 0) is 51.4 Å². The Morgan fingerprint density at radius 3 is 2.76 bits per heavy atom. The molecule has 0 aromatic heterocycles. The molecule has 21 heavy (non-hydrogen) atoms. The molecular weight excluding hydrogens is 262 g/mol. The van der Waals surface area contributed by atoms with Crippen molar-refractivity contribution in [2.24, 2.45) is 0 Å². The van der Waals surface area contributed by atoms with Crippen LogP contribution in [0.3, 0.4) is 0 Å². The molecule has 2 fully saturated rings. The minimum atomic E-state index is 0.657. The molecule has 2 aliphatic heterocycles. The molecule has 1 unspecified atom stereocenters. The Kier molecular flexibility index (Phi) is 4.54. The van der Waals surface area contributed by atoms with Gasteiger partial charge in [0, 0.05) is 30.9 Å². The fraction of sp³-hybridized carbons (Fsp3) is 0.647. The second-order valence-electron chi connectivity index (χ2n) is 6.14. The van der Waals surface area contributed by atoms with E-state index >= 15 is 0 Å². The lowest BCUT2D eigenvalue weighted by Crippen LogP contribution is -2.40. The van der Waals surface area contributed by atoms with Gasteiger partial charge in [0.2, 0.25) is 0 Å². The van der Waals surface area contributed by atoms with Crippen LogP contribution in [0.1, 0.15) is 32.6 Å². The summed E-state index contributed by atoms with van der Waals surface area (Å²) in [5.41, 5.74) is 7.94. The first-order chi connectivity index (χ1) is 10.3. The lowest BCUT2D eigenvalue weighted by atomic mass is 10.1. The van der Waals surface area contributed by atoms with Crippen LogP contribution < -0.4 is 15.4 Å². The highest BCUT2D eigenvalue weighted by Crippen LogP contribution is 2.31. The Balaban J connectivity index is 1.66. The van der Waals surface area contributed by atoms with Gasteiger partial charge in [-0.3, -0.25) is 4.90 Å². The Morgan fingerprint density at radius 2 is 2.00 bits per heavy atom. The van der Waals surface area contributed by atoms with Crippen LogP contribution in [0.15, 0.2) is 18.2 Å². The van der Waals surface area contributed by atoms with Crippen LogP contribution in [0.25, 0.3) is 0 Å². The molecule has 0 radical (unpaired) electrons. The van der Waals surface area contributed by atoms with Crippen molar-refractivity contribution in [3.05, 3.63) is 18.2 Å². The number of piperidine rings is 1. The zero-order chi connectivity index (χ0) is 14.7. The normalized spacial score (nSPS) is 23.5. The zero-order valence-electron chi connectivity index (χ0n) is 13.1. The molecule has 0 saturated carbocycles. The van der Waals surface area contributed by atoms with Crippen LogP contribution in [0, 0.1) is 0 Å². The van der Waals surface area contributed by atoms with Crippen molar-refractivity contribution >= 4 is 11.4 Å². The van der Waals surface area contributed by atoms with Crippen molar-refractivity contribution in [2.75, 3.05) is 43.4 Å². The highest BCUT2D eigenvalue weighted by atomic mass is 16.5. The summed E-state index contributed by atoms with van der Waals surface area (Å²) in [6, 6.07) is 6.90. The minimum absolute atomic E-state index is 0.657. The molecule has 2 saturated heterocycles. The largest absolute Gasteiger partial charge is 0.492 e. The van der Waals surface area contributed by atoms with Crippen molar-refractivity contribution in [3.8, 4) is 5.75 Å². The number of ether oxygens (including phenoxy) is 1. The van der Waals surface area contributed by atoms with Crippen molar-refractivity contribution < 1.29 is 4.74 Å². The maximum Gasteiger partial charge on any atom is 0.144 e. The number of hydrogen-bond donors (Lipinski definition) is 1. The SMILES string of the molecule is CCOc1cc(N2CCC(N3CCCCC3)C2)ccc1N. The van der Waals surface area contributed by atoms with E-state index in [0.29, 0.717) is 6.61 Å². The van der Waals surface area contributed by atoms with Crippen molar-refractivity contribution in [2.45, 2.75) is 38.6 Å². The van der Waals surface area contributed by atoms with Gasteiger partial charge in [-0.25, -0.2) is 0 Å². The number of benzene rings is 1. The standard InChI is InChI=1S/C17H27N3O/c1-2-21-17-12-14(6-7-16(17)18)20-11-8-15(13-20)19-9-4-3-5-10-19/h6-7,12,15H,2-5,8-11,13,18H2,1H3. The summed E-state index contributed by atoms with van der Waals surface area (Å²) in [6.07, 6.45) is 5.41. The molecule has 1 atom stereocenters. The number of nitrogens with two attached hydrogens (primary N) is 1. The summed E-state index contributed by atoms with van der Waals surface area (Å²) in [6.45, 7) is 7.49. The van der Waals surface area contributed by atoms with Crippen LogP contribution in [-0.2, 0) is 0 Å². The Hall–Kier alpha value is -1.42. The predicted octanol–water partition coefficient (Wildman–Crippen LogP) is 2.73. The Bertz CT molecular complexity index is 471. The smallest absolute Gasteiger partial charge is 0.144 e. The molecule has 4 heteroatoms. The third kappa shape index (κ3) is 3.26. The molecule has 2 N–H and O–H groups in total. The minimum Gasteiger partial charge on any atom is -0.492 e. The highest BCUT2D eigenvalue weighted by Gasteiger charge is 2.28. The van der Waals surface area contributed by atoms with Crippen molar-refractivity contribution in [3.63, 3.8) is 0 Å². The lowest BCUT2D eigenvalue weighted by molar-refractivity contribution is 0.175. The molecule has 0 bridgehead atoms. The molecule has 4 nitrogen and oxygen atoms in total. The molecule has 3 rings (SSSR count). The number of nitrogens with zero attached hydrogens (tertiary/aromatic N) is 2. The number of hydrogen-bond acceptors (Lipinski definition) is 4. The van der Waals surface area contributed by atoms with Gasteiger partial charge < -0.3 is 15.4 Å². The molecule has 1 aromatic rings. The summed E-state index contributed by atoms with van der Waals surface area (Å²) in [4.78, 5) is 5.16.